The Kier molecular flexibility index (Phi) is 8.16. The number of piperidine rings is 1. The highest BCUT2D eigenvalue weighted by Gasteiger charge is 2.24. The number of nitrogens with one attached hydrogen (secondary N) is 2. The third-order valence-electron chi connectivity index (χ3n) is 4.02. The van der Waals surface area contributed by atoms with Gasteiger partial charge in [0, 0.05) is 27.2 Å². The monoisotopic (exact) mass is 593 g/mol. The van der Waals surface area contributed by atoms with Gasteiger partial charge in [0.15, 0.2) is 0 Å². The van der Waals surface area contributed by atoms with Gasteiger partial charge in [-0.3, -0.25) is 4.79 Å². The van der Waals surface area contributed by atoms with E-state index in [4.69, 9.17) is 16.7 Å². The predicted octanol–water partition coefficient (Wildman–Crippen LogP) is 2.39. The van der Waals surface area contributed by atoms with E-state index >= 15 is 0 Å². The van der Waals surface area contributed by atoms with Gasteiger partial charge in [0.1, 0.15) is 0 Å². The van der Waals surface area contributed by atoms with Crippen LogP contribution in [0.2, 0.25) is 5.02 Å². The average Bonchev–Trinajstić information content (AvgIpc) is 2.58. The minimum Gasteiger partial charge on any atom is -0.465 e. The number of carbonyl (C=O) groups is 2. The van der Waals surface area contributed by atoms with Gasteiger partial charge in [-0.2, -0.15) is 0 Å². The van der Waals surface area contributed by atoms with Crippen molar-refractivity contribution in [2.24, 2.45) is 0 Å². The van der Waals surface area contributed by atoms with Gasteiger partial charge in [-0.25, -0.2) is 17.9 Å². The number of carboxylic acid groups (broad SMARTS) is 1. The van der Waals surface area contributed by atoms with Crippen molar-refractivity contribution in [2.45, 2.75) is 24.6 Å². The molecule has 0 aliphatic carbocycles. The first kappa shape index (κ1) is 22.7. The fourth-order valence-electron chi connectivity index (χ4n) is 2.60. The van der Waals surface area contributed by atoms with E-state index in [1.54, 1.807) is 12.1 Å². The molecule has 3 N–H and O–H groups in total. The normalized spacial score (nSPS) is 15.6. The van der Waals surface area contributed by atoms with E-state index in [-0.39, 0.29) is 18.3 Å². The highest BCUT2D eigenvalue weighted by atomic mass is 127. The Bertz CT molecular complexity index is 831. The second-order valence-electron chi connectivity index (χ2n) is 6.05. The lowest BCUT2D eigenvalue weighted by atomic mass is 10.1. The molecule has 1 heterocycles. The summed E-state index contributed by atoms with van der Waals surface area (Å²) in [5, 5.41) is 12.1. The van der Waals surface area contributed by atoms with E-state index in [9.17, 15) is 18.0 Å². The van der Waals surface area contributed by atoms with E-state index in [1.165, 1.54) is 4.90 Å². The number of hydrogen-bond acceptors (Lipinski definition) is 4. The van der Waals surface area contributed by atoms with Crippen LogP contribution in [0.4, 0.5) is 4.79 Å². The molecule has 1 saturated heterocycles. The Hall–Kier alpha value is -0.630. The van der Waals surface area contributed by atoms with Crippen LogP contribution in [0.5, 0.6) is 0 Å². The van der Waals surface area contributed by atoms with Crippen LogP contribution >= 0.6 is 50.1 Å². The minimum atomic E-state index is -3.71. The molecular weight excluding hydrogens is 577 g/mol. The second kappa shape index (κ2) is 9.72. The summed E-state index contributed by atoms with van der Waals surface area (Å²) >= 11 is 11.2. The van der Waals surface area contributed by atoms with Gasteiger partial charge in [-0.15, -0.1) is 0 Å². The molecule has 1 aliphatic heterocycles. The molecule has 0 spiro atoms. The number of hydrogen-bond donors (Lipinski definition) is 3. The van der Waals surface area contributed by atoms with Crippen molar-refractivity contribution in [3.05, 3.63) is 30.8 Å². The SMILES string of the molecule is O=C(CNS(=O)(=O)Cc1cc(Br)c(Cl)cc1I)NC1CCN(C(=O)O)CC1. The summed E-state index contributed by atoms with van der Waals surface area (Å²) in [5.41, 5.74) is 0.570. The molecule has 27 heavy (non-hydrogen) atoms. The van der Waals surface area contributed by atoms with E-state index < -0.39 is 22.0 Å². The number of sulfonamides is 1. The van der Waals surface area contributed by atoms with Crippen LogP contribution in [0, 0.1) is 3.57 Å². The zero-order valence-corrected chi connectivity index (χ0v) is 19.4. The second-order valence-corrected chi connectivity index (χ2v) is 10.3. The minimum absolute atomic E-state index is 0.161. The Labute approximate surface area is 184 Å². The molecule has 0 unspecified atom stereocenters. The summed E-state index contributed by atoms with van der Waals surface area (Å²) in [5.74, 6) is -0.718. The van der Waals surface area contributed by atoms with E-state index in [2.05, 4.69) is 26.0 Å². The molecule has 0 saturated carbocycles. The Morgan fingerprint density at radius 2 is 1.96 bits per heavy atom. The van der Waals surface area contributed by atoms with E-state index in [0.29, 0.717) is 44.6 Å². The molecule has 12 heteroatoms. The Morgan fingerprint density at radius 1 is 1.33 bits per heavy atom. The molecule has 1 aromatic rings. The molecule has 1 aliphatic rings. The number of likely N-dealkylation sites (tertiary alicyclic amines) is 1. The van der Waals surface area contributed by atoms with Gasteiger partial charge in [0.25, 0.3) is 0 Å². The molecule has 1 aromatic carbocycles. The summed E-state index contributed by atoms with van der Waals surface area (Å²) in [7, 11) is -3.71. The Balaban J connectivity index is 1.84. The van der Waals surface area contributed by atoms with Crippen molar-refractivity contribution in [3.8, 4) is 0 Å². The van der Waals surface area contributed by atoms with Crippen LogP contribution in [0.25, 0.3) is 0 Å². The first-order valence-electron chi connectivity index (χ1n) is 7.95. The van der Waals surface area contributed by atoms with Crippen LogP contribution in [-0.4, -0.2) is 56.1 Å². The van der Waals surface area contributed by atoms with E-state index in [0.717, 1.165) is 0 Å². The van der Waals surface area contributed by atoms with Crippen molar-refractivity contribution in [1.82, 2.24) is 14.9 Å². The van der Waals surface area contributed by atoms with Crippen LogP contribution in [0.1, 0.15) is 18.4 Å². The van der Waals surface area contributed by atoms with Crippen molar-refractivity contribution in [3.63, 3.8) is 0 Å². The topological polar surface area (TPSA) is 116 Å². The third-order valence-corrected chi connectivity index (χ3v) is 7.49. The molecule has 0 bridgehead atoms. The lowest BCUT2D eigenvalue weighted by Crippen LogP contribution is -2.48. The molecule has 2 amide bonds. The zero-order valence-electron chi connectivity index (χ0n) is 14.0. The third kappa shape index (κ3) is 7.04. The van der Waals surface area contributed by atoms with Gasteiger partial charge in [-0.1, -0.05) is 11.6 Å². The lowest BCUT2D eigenvalue weighted by molar-refractivity contribution is -0.120. The molecular formula is C15H18BrClIN3O5S. The standard InChI is InChI=1S/C15H18BrClIN3O5S/c16-11-5-9(13(18)6-12(11)17)8-27(25,26)19-7-14(22)20-10-1-3-21(4-2-10)15(23)24/h5-6,10,19H,1-4,7-8H2,(H,20,22)(H,23,24). The summed E-state index contributed by atoms with van der Waals surface area (Å²) in [6, 6.07) is 3.14. The maximum absolute atomic E-state index is 12.2. The number of amides is 2. The van der Waals surface area contributed by atoms with E-state index in [1.807, 2.05) is 22.6 Å². The fourth-order valence-corrected chi connectivity index (χ4v) is 5.36. The molecule has 2 rings (SSSR count). The van der Waals surface area contributed by atoms with Gasteiger partial charge >= 0.3 is 6.09 Å². The number of rotatable bonds is 6. The van der Waals surface area contributed by atoms with Crippen LogP contribution in [0.15, 0.2) is 16.6 Å². The van der Waals surface area contributed by atoms with Crippen molar-refractivity contribution in [2.75, 3.05) is 19.6 Å². The Morgan fingerprint density at radius 3 is 2.56 bits per heavy atom. The number of carbonyl (C=O) groups excluding carboxylic acids is 1. The van der Waals surface area contributed by atoms with Crippen molar-refractivity contribution >= 4 is 72.1 Å². The largest absolute Gasteiger partial charge is 0.465 e. The summed E-state index contributed by atoms with van der Waals surface area (Å²) in [6.07, 6.45) is 0.0276. The van der Waals surface area contributed by atoms with Crippen LogP contribution in [0.3, 0.4) is 0 Å². The quantitative estimate of drug-likeness (QED) is 0.346. The molecule has 150 valence electrons. The van der Waals surface area contributed by atoms with Gasteiger partial charge in [0.2, 0.25) is 15.9 Å². The molecule has 0 radical (unpaired) electrons. The summed E-state index contributed by atoms with van der Waals surface area (Å²) in [6.45, 7) is 0.318. The summed E-state index contributed by atoms with van der Waals surface area (Å²) < 4.78 is 28.1. The maximum Gasteiger partial charge on any atom is 0.407 e. The number of nitrogens with zero attached hydrogens (tertiary/aromatic N) is 1. The maximum atomic E-state index is 12.2. The van der Waals surface area contributed by atoms with Crippen LogP contribution in [-0.2, 0) is 20.6 Å². The molecule has 1 fully saturated rings. The first-order valence-corrected chi connectivity index (χ1v) is 11.9. The molecule has 0 aromatic heterocycles. The van der Waals surface area contributed by atoms with Crippen molar-refractivity contribution < 1.29 is 23.1 Å². The smallest absolute Gasteiger partial charge is 0.407 e. The highest BCUT2D eigenvalue weighted by Crippen LogP contribution is 2.28. The molecule has 0 atom stereocenters. The average molecular weight is 595 g/mol. The van der Waals surface area contributed by atoms with Gasteiger partial charge in [-0.05, 0) is 69.1 Å². The fraction of sp³-hybridized carbons (Fsp3) is 0.467. The zero-order chi connectivity index (χ0) is 20.2. The first-order chi connectivity index (χ1) is 12.6. The van der Waals surface area contributed by atoms with Crippen molar-refractivity contribution in [1.29, 1.82) is 0 Å². The summed E-state index contributed by atoms with van der Waals surface area (Å²) in [4.78, 5) is 24.1. The number of halogens is 3. The number of benzene rings is 1. The predicted molar refractivity (Wildman–Crippen MR) is 113 cm³/mol. The van der Waals surface area contributed by atoms with Gasteiger partial charge in [0.05, 0.1) is 17.3 Å². The van der Waals surface area contributed by atoms with Crippen LogP contribution < -0.4 is 10.0 Å². The molecule has 8 nitrogen and oxygen atoms in total. The lowest BCUT2D eigenvalue weighted by Gasteiger charge is -2.30. The van der Waals surface area contributed by atoms with Gasteiger partial charge < -0.3 is 15.3 Å². The highest BCUT2D eigenvalue weighted by molar-refractivity contribution is 14.1.